The minimum Gasteiger partial charge on any atom is -0.371 e. The summed E-state index contributed by atoms with van der Waals surface area (Å²) in [7, 11) is -3.27. The van der Waals surface area contributed by atoms with Crippen LogP contribution in [0, 0.1) is 23.2 Å². The number of pyridine rings is 1. The van der Waals surface area contributed by atoms with Gasteiger partial charge in [0.2, 0.25) is 15.9 Å². The Bertz CT molecular complexity index is 817. The summed E-state index contributed by atoms with van der Waals surface area (Å²) in [5, 5.41) is 0. The van der Waals surface area contributed by atoms with Crippen LogP contribution in [0.2, 0.25) is 0 Å². The van der Waals surface area contributed by atoms with Gasteiger partial charge >= 0.3 is 0 Å². The zero-order valence-corrected chi connectivity index (χ0v) is 17.7. The predicted octanol–water partition coefficient (Wildman–Crippen LogP) is 1.28. The molecule has 28 heavy (non-hydrogen) atoms. The molecule has 3 aliphatic rings. The Morgan fingerprint density at radius 1 is 1.04 bits per heavy atom. The molecule has 0 spiro atoms. The smallest absolute Gasteiger partial charge is 0.228 e. The molecule has 2 atom stereocenters. The van der Waals surface area contributed by atoms with Gasteiger partial charge in [-0.1, -0.05) is 20.8 Å². The van der Waals surface area contributed by atoms with Crippen LogP contribution in [0.25, 0.3) is 0 Å². The third-order valence-corrected chi connectivity index (χ3v) is 8.35. The molecule has 7 nitrogen and oxygen atoms in total. The fourth-order valence-electron chi connectivity index (χ4n) is 4.66. The zero-order chi connectivity index (χ0) is 20.1. The zero-order valence-electron chi connectivity index (χ0n) is 16.9. The number of anilines is 1. The van der Waals surface area contributed by atoms with Gasteiger partial charge in [0, 0.05) is 69.2 Å². The van der Waals surface area contributed by atoms with E-state index < -0.39 is 10.0 Å². The van der Waals surface area contributed by atoms with Crippen molar-refractivity contribution in [2.75, 3.05) is 49.9 Å². The van der Waals surface area contributed by atoms with Crippen molar-refractivity contribution in [3.05, 3.63) is 24.5 Å². The number of sulfonamides is 1. The van der Waals surface area contributed by atoms with E-state index in [2.05, 4.69) is 9.88 Å². The van der Waals surface area contributed by atoms with Crippen molar-refractivity contribution in [2.24, 2.45) is 23.2 Å². The average molecular weight is 407 g/mol. The van der Waals surface area contributed by atoms with Crippen LogP contribution in [0.1, 0.15) is 20.8 Å². The van der Waals surface area contributed by atoms with Crippen molar-refractivity contribution in [3.8, 4) is 0 Å². The van der Waals surface area contributed by atoms with Crippen molar-refractivity contribution in [3.63, 3.8) is 0 Å². The maximum absolute atomic E-state index is 12.9. The minimum atomic E-state index is -3.27. The first-order valence-corrected chi connectivity index (χ1v) is 11.6. The lowest BCUT2D eigenvalue weighted by Gasteiger charge is -2.40. The molecule has 0 bridgehead atoms. The third kappa shape index (κ3) is 3.89. The Hall–Kier alpha value is -1.67. The van der Waals surface area contributed by atoms with Gasteiger partial charge in [-0.05, 0) is 17.5 Å². The van der Waals surface area contributed by atoms with Gasteiger partial charge in [0.15, 0.2) is 0 Å². The highest BCUT2D eigenvalue weighted by atomic mass is 32.2. The number of likely N-dealkylation sites (tertiary alicyclic amines) is 1. The van der Waals surface area contributed by atoms with Crippen LogP contribution >= 0.6 is 0 Å². The van der Waals surface area contributed by atoms with Crippen LogP contribution in [0.5, 0.6) is 0 Å². The third-order valence-electron chi connectivity index (χ3n) is 6.03. The highest BCUT2D eigenvalue weighted by Crippen LogP contribution is 2.35. The molecule has 1 aromatic rings. The van der Waals surface area contributed by atoms with E-state index in [1.807, 2.05) is 50.2 Å². The lowest BCUT2D eigenvalue weighted by molar-refractivity contribution is -0.138. The molecule has 0 saturated carbocycles. The van der Waals surface area contributed by atoms with Crippen LogP contribution in [0.15, 0.2) is 24.5 Å². The Morgan fingerprint density at radius 2 is 1.61 bits per heavy atom. The minimum absolute atomic E-state index is 0.125. The molecule has 4 heterocycles. The van der Waals surface area contributed by atoms with Crippen LogP contribution in [0.3, 0.4) is 0 Å². The Morgan fingerprint density at radius 3 is 2.14 bits per heavy atom. The van der Waals surface area contributed by atoms with Crippen molar-refractivity contribution in [1.29, 1.82) is 0 Å². The van der Waals surface area contributed by atoms with Gasteiger partial charge in [0.1, 0.15) is 0 Å². The number of fused-ring (bicyclic) bond motifs is 1. The molecule has 1 aromatic heterocycles. The normalized spacial score (nSPS) is 26.4. The van der Waals surface area contributed by atoms with Gasteiger partial charge in [-0.15, -0.1) is 0 Å². The van der Waals surface area contributed by atoms with Gasteiger partial charge < -0.3 is 9.80 Å². The van der Waals surface area contributed by atoms with E-state index >= 15 is 0 Å². The molecule has 0 radical (unpaired) electrons. The molecule has 0 aliphatic carbocycles. The molecule has 154 valence electrons. The monoisotopic (exact) mass is 406 g/mol. The lowest BCUT2D eigenvalue weighted by atomic mass is 10.0. The van der Waals surface area contributed by atoms with Crippen molar-refractivity contribution in [1.82, 2.24) is 14.2 Å². The van der Waals surface area contributed by atoms with E-state index in [0.717, 1.165) is 26.2 Å². The molecule has 3 aliphatic heterocycles. The summed E-state index contributed by atoms with van der Waals surface area (Å²) in [5.74, 6) is 1.08. The van der Waals surface area contributed by atoms with Gasteiger partial charge in [-0.3, -0.25) is 9.78 Å². The van der Waals surface area contributed by atoms with Crippen LogP contribution in [-0.2, 0) is 14.8 Å². The maximum Gasteiger partial charge on any atom is 0.228 e. The molecule has 2 unspecified atom stereocenters. The molecule has 1 amide bonds. The van der Waals surface area contributed by atoms with Crippen molar-refractivity contribution < 1.29 is 13.2 Å². The Balaban J connectivity index is 1.29. The molecular weight excluding hydrogens is 376 g/mol. The van der Waals surface area contributed by atoms with Gasteiger partial charge in [-0.2, -0.15) is 0 Å². The second kappa shape index (κ2) is 6.99. The summed E-state index contributed by atoms with van der Waals surface area (Å²) in [6.45, 7) is 9.96. The van der Waals surface area contributed by atoms with Gasteiger partial charge in [0.05, 0.1) is 11.7 Å². The van der Waals surface area contributed by atoms with E-state index in [0.29, 0.717) is 24.9 Å². The SMILES string of the molecule is CC(C)(C)CS(=O)(=O)N1CC(C(=O)N2CC3CN(c4ccncc4)CC3C2)C1. The number of rotatable bonds is 4. The number of hydrogen-bond acceptors (Lipinski definition) is 5. The molecule has 0 N–H and O–H groups in total. The fourth-order valence-corrected chi connectivity index (χ4v) is 6.75. The van der Waals surface area contributed by atoms with Crippen LogP contribution in [0.4, 0.5) is 5.69 Å². The quantitative estimate of drug-likeness (QED) is 0.753. The number of carbonyl (C=O) groups excluding carboxylic acids is 1. The maximum atomic E-state index is 12.9. The molecule has 3 fully saturated rings. The van der Waals surface area contributed by atoms with Gasteiger partial charge in [-0.25, -0.2) is 12.7 Å². The lowest BCUT2D eigenvalue weighted by Crippen LogP contribution is -2.57. The van der Waals surface area contributed by atoms with Crippen molar-refractivity contribution in [2.45, 2.75) is 20.8 Å². The second-order valence-electron chi connectivity index (χ2n) is 9.70. The molecule has 4 rings (SSSR count). The highest BCUT2D eigenvalue weighted by molar-refractivity contribution is 7.89. The molecular formula is C20H30N4O3S. The summed E-state index contributed by atoms with van der Waals surface area (Å²) < 4.78 is 26.4. The van der Waals surface area contributed by atoms with Crippen LogP contribution in [-0.4, -0.2) is 73.5 Å². The first-order chi connectivity index (χ1) is 13.1. The predicted molar refractivity (Wildman–Crippen MR) is 108 cm³/mol. The van der Waals surface area contributed by atoms with E-state index in [-0.39, 0.29) is 23.0 Å². The molecule has 3 saturated heterocycles. The first-order valence-electron chi connectivity index (χ1n) is 10.0. The van der Waals surface area contributed by atoms with Gasteiger partial charge in [0.25, 0.3) is 0 Å². The van der Waals surface area contributed by atoms with E-state index in [1.54, 1.807) is 0 Å². The number of aromatic nitrogens is 1. The summed E-state index contributed by atoms with van der Waals surface area (Å²) in [4.78, 5) is 21.3. The number of carbonyl (C=O) groups is 1. The van der Waals surface area contributed by atoms with E-state index in [9.17, 15) is 13.2 Å². The average Bonchev–Trinajstić information content (AvgIpc) is 3.10. The Kier molecular flexibility index (Phi) is 4.90. The highest BCUT2D eigenvalue weighted by Gasteiger charge is 2.47. The number of hydrogen-bond donors (Lipinski definition) is 0. The molecule has 0 aromatic carbocycles. The second-order valence-corrected chi connectivity index (χ2v) is 11.7. The summed E-state index contributed by atoms with van der Waals surface area (Å²) in [6, 6.07) is 4.07. The standard InChI is InChI=1S/C20H30N4O3S/c1-20(2,3)14-28(26,27)24-12-17(13-24)19(25)23-10-15-8-22(9-16(15)11-23)18-4-6-21-7-5-18/h4-7,15-17H,8-14H2,1-3H3. The fraction of sp³-hybridized carbons (Fsp3) is 0.700. The summed E-state index contributed by atoms with van der Waals surface area (Å²) in [6.07, 6.45) is 3.63. The first kappa shape index (κ1) is 19.6. The van der Waals surface area contributed by atoms with E-state index in [1.165, 1.54) is 9.99 Å². The number of amides is 1. The Labute approximate surface area is 167 Å². The largest absolute Gasteiger partial charge is 0.371 e. The van der Waals surface area contributed by atoms with Crippen molar-refractivity contribution >= 4 is 21.6 Å². The summed E-state index contributed by atoms with van der Waals surface area (Å²) >= 11 is 0. The molecule has 8 heteroatoms. The topological polar surface area (TPSA) is 73.8 Å². The van der Waals surface area contributed by atoms with E-state index in [4.69, 9.17) is 0 Å². The summed E-state index contributed by atoms with van der Waals surface area (Å²) in [5.41, 5.74) is 0.919. The van der Waals surface area contributed by atoms with Crippen LogP contribution < -0.4 is 4.90 Å². The number of nitrogens with zero attached hydrogens (tertiary/aromatic N) is 4.